The van der Waals surface area contributed by atoms with Gasteiger partial charge in [-0.2, -0.15) is 0 Å². The van der Waals surface area contributed by atoms with Crippen molar-refractivity contribution >= 4 is 41.5 Å². The first-order chi connectivity index (χ1) is 16.8. The van der Waals surface area contributed by atoms with Crippen LogP contribution < -0.4 is 50.4 Å². The molecule has 3 atom stereocenters. The van der Waals surface area contributed by atoms with E-state index in [0.29, 0.717) is 6.42 Å². The van der Waals surface area contributed by atoms with Gasteiger partial charge < -0.3 is 55.5 Å². The maximum atomic E-state index is 12.5. The fraction of sp³-hybridized carbons (Fsp3) is 0.632. The van der Waals surface area contributed by atoms with Crippen LogP contribution in [-0.4, -0.2) is 84.4 Å². The summed E-state index contributed by atoms with van der Waals surface area (Å²) in [7, 11) is 0. The van der Waals surface area contributed by atoms with Crippen molar-refractivity contribution in [2.24, 2.45) is 44.4 Å². The highest BCUT2D eigenvalue weighted by Gasteiger charge is 2.25. The number of guanidine groups is 2. The number of nitrogens with zero attached hydrogens (tertiary/aromatic N) is 2. The Morgan fingerprint density at radius 1 is 0.750 bits per heavy atom. The summed E-state index contributed by atoms with van der Waals surface area (Å²) in [6, 6.07) is -3.43. The molecule has 0 bridgehead atoms. The molecule has 17 heteroatoms. The number of nitrogens with one attached hydrogen (secondary N) is 3. The van der Waals surface area contributed by atoms with Gasteiger partial charge in [-0.05, 0) is 32.1 Å². The van der Waals surface area contributed by atoms with E-state index in [-0.39, 0.29) is 57.1 Å². The number of carboxylic acids is 1. The summed E-state index contributed by atoms with van der Waals surface area (Å²) in [6.07, 6.45) is 0.592. The molecule has 0 rings (SSSR count). The van der Waals surface area contributed by atoms with Crippen molar-refractivity contribution < 1.29 is 29.1 Å². The zero-order chi connectivity index (χ0) is 27.7. The monoisotopic (exact) mass is 515 g/mol. The summed E-state index contributed by atoms with van der Waals surface area (Å²) < 4.78 is 0. The van der Waals surface area contributed by atoms with Gasteiger partial charge in [0.15, 0.2) is 11.9 Å². The van der Waals surface area contributed by atoms with Crippen LogP contribution in [-0.2, 0) is 24.0 Å². The third-order valence-electron chi connectivity index (χ3n) is 4.62. The van der Waals surface area contributed by atoms with Crippen LogP contribution in [0.4, 0.5) is 0 Å². The lowest BCUT2D eigenvalue weighted by atomic mass is 10.1. The zero-order valence-corrected chi connectivity index (χ0v) is 19.9. The number of carboxylic acid groups (broad SMARTS) is 1. The number of amides is 4. The standard InChI is InChI=1S/C19H37N11O6/c20-10(3-1-7-26-18(22)23)15(33)30-11(5-6-13(21)31)16(34)28-9-14(32)29-12(17(35)36)4-2-8-27-19(24)25/h10-12H,1-9,20H2,(H2,21,31)(H,28,34)(H,29,32)(H,30,33)(H,35,36)(H4,22,23,26)(H4,24,25,27)/t10-,11-,12-/m0/s1. The Labute approximate surface area is 207 Å². The third-order valence-corrected chi connectivity index (χ3v) is 4.62. The van der Waals surface area contributed by atoms with Gasteiger partial charge in [0.1, 0.15) is 12.1 Å². The maximum absolute atomic E-state index is 12.5. The lowest BCUT2D eigenvalue weighted by Gasteiger charge is -2.20. The number of aliphatic imine (C=N–C) groups is 2. The number of nitrogens with two attached hydrogens (primary N) is 6. The van der Waals surface area contributed by atoms with Crippen LogP contribution in [0.2, 0.25) is 0 Å². The number of rotatable bonds is 18. The van der Waals surface area contributed by atoms with Crippen LogP contribution >= 0.6 is 0 Å². The first kappa shape index (κ1) is 31.8. The van der Waals surface area contributed by atoms with E-state index in [1.807, 2.05) is 0 Å². The fourth-order valence-electron chi connectivity index (χ4n) is 2.78. The van der Waals surface area contributed by atoms with Gasteiger partial charge in [0, 0.05) is 19.5 Å². The molecule has 0 aromatic carbocycles. The molecule has 0 heterocycles. The molecule has 0 radical (unpaired) electrons. The van der Waals surface area contributed by atoms with Crippen LogP contribution in [0.3, 0.4) is 0 Å². The van der Waals surface area contributed by atoms with Crippen molar-refractivity contribution in [1.29, 1.82) is 0 Å². The van der Waals surface area contributed by atoms with Gasteiger partial charge in [-0.25, -0.2) is 4.79 Å². The zero-order valence-electron chi connectivity index (χ0n) is 19.9. The normalized spacial score (nSPS) is 12.8. The molecule has 0 aromatic rings. The predicted molar refractivity (Wildman–Crippen MR) is 131 cm³/mol. The van der Waals surface area contributed by atoms with Crippen molar-refractivity contribution in [3.8, 4) is 0 Å². The molecule has 36 heavy (non-hydrogen) atoms. The third kappa shape index (κ3) is 15.6. The minimum atomic E-state index is -1.28. The molecular formula is C19H37N11O6. The number of carbonyl (C=O) groups excluding carboxylic acids is 4. The number of carbonyl (C=O) groups is 5. The Bertz CT molecular complexity index is 825. The topological polar surface area (TPSA) is 323 Å². The second-order valence-electron chi connectivity index (χ2n) is 7.75. The van der Waals surface area contributed by atoms with Crippen molar-refractivity contribution in [2.75, 3.05) is 19.6 Å². The summed E-state index contributed by atoms with van der Waals surface area (Å²) >= 11 is 0. The predicted octanol–water partition coefficient (Wildman–Crippen LogP) is -5.14. The highest BCUT2D eigenvalue weighted by atomic mass is 16.4. The molecule has 0 unspecified atom stereocenters. The van der Waals surface area contributed by atoms with Crippen LogP contribution in [0, 0.1) is 0 Å². The van der Waals surface area contributed by atoms with Gasteiger partial charge in [-0.3, -0.25) is 29.2 Å². The minimum Gasteiger partial charge on any atom is -0.480 e. The highest BCUT2D eigenvalue weighted by molar-refractivity contribution is 5.93. The summed E-state index contributed by atoms with van der Waals surface area (Å²) in [4.78, 5) is 67.1. The summed E-state index contributed by atoms with van der Waals surface area (Å²) in [5, 5.41) is 16.2. The molecule has 0 aromatic heterocycles. The number of primary amides is 1. The lowest BCUT2D eigenvalue weighted by molar-refractivity contribution is -0.142. The van der Waals surface area contributed by atoms with Gasteiger partial charge in [0.25, 0.3) is 0 Å². The van der Waals surface area contributed by atoms with Gasteiger partial charge in [-0.1, -0.05) is 0 Å². The molecule has 0 saturated carbocycles. The van der Waals surface area contributed by atoms with Crippen LogP contribution in [0.15, 0.2) is 9.98 Å². The second kappa shape index (κ2) is 17.3. The molecule has 0 saturated heterocycles. The molecule has 17 nitrogen and oxygen atoms in total. The molecule has 0 aliphatic rings. The van der Waals surface area contributed by atoms with Crippen LogP contribution in [0.5, 0.6) is 0 Å². The van der Waals surface area contributed by atoms with Crippen molar-refractivity contribution in [3.63, 3.8) is 0 Å². The second-order valence-corrected chi connectivity index (χ2v) is 7.75. The number of hydrogen-bond acceptors (Lipinski definition) is 8. The van der Waals surface area contributed by atoms with Crippen molar-refractivity contribution in [1.82, 2.24) is 16.0 Å². The molecule has 16 N–H and O–H groups in total. The maximum Gasteiger partial charge on any atom is 0.326 e. The Balaban J connectivity index is 4.87. The smallest absolute Gasteiger partial charge is 0.326 e. The number of hydrogen-bond donors (Lipinski definition) is 10. The molecule has 204 valence electrons. The van der Waals surface area contributed by atoms with E-state index >= 15 is 0 Å². The first-order valence-electron chi connectivity index (χ1n) is 11.1. The quantitative estimate of drug-likeness (QED) is 0.0467. The van der Waals surface area contributed by atoms with Crippen molar-refractivity contribution in [3.05, 3.63) is 0 Å². The lowest BCUT2D eigenvalue weighted by Crippen LogP contribution is -2.53. The van der Waals surface area contributed by atoms with Crippen LogP contribution in [0.1, 0.15) is 38.5 Å². The van der Waals surface area contributed by atoms with E-state index in [9.17, 15) is 29.1 Å². The Kier molecular flexibility index (Phi) is 15.3. The van der Waals surface area contributed by atoms with Gasteiger partial charge in [0.2, 0.25) is 23.6 Å². The van der Waals surface area contributed by atoms with E-state index in [4.69, 9.17) is 34.4 Å². The first-order valence-corrected chi connectivity index (χ1v) is 11.1. The molecule has 0 spiro atoms. The minimum absolute atomic E-state index is 0.0458. The Morgan fingerprint density at radius 2 is 1.31 bits per heavy atom. The van der Waals surface area contributed by atoms with Gasteiger partial charge in [-0.15, -0.1) is 0 Å². The average Bonchev–Trinajstić information content (AvgIpc) is 2.78. The Hall–Kier alpha value is -4.15. The highest BCUT2D eigenvalue weighted by Crippen LogP contribution is 2.02. The van der Waals surface area contributed by atoms with Crippen LogP contribution in [0.25, 0.3) is 0 Å². The molecule has 0 fully saturated rings. The summed E-state index contributed by atoms with van der Waals surface area (Å²) in [5.74, 6) is -4.45. The van der Waals surface area contributed by atoms with E-state index in [1.165, 1.54) is 0 Å². The molecule has 0 aliphatic heterocycles. The van der Waals surface area contributed by atoms with Gasteiger partial charge in [0.05, 0.1) is 12.6 Å². The summed E-state index contributed by atoms with van der Waals surface area (Å²) in [6.45, 7) is -0.143. The fourth-order valence-corrected chi connectivity index (χ4v) is 2.78. The SMILES string of the molecule is NC(=O)CC[C@H](NC(=O)[C@@H](N)CCCN=C(N)N)C(=O)NCC(=O)N[C@@H](CCCN=C(N)N)C(=O)O. The van der Waals surface area contributed by atoms with E-state index in [2.05, 4.69) is 25.9 Å². The Morgan fingerprint density at radius 3 is 1.81 bits per heavy atom. The molecule has 0 aliphatic carbocycles. The van der Waals surface area contributed by atoms with Gasteiger partial charge >= 0.3 is 5.97 Å². The largest absolute Gasteiger partial charge is 0.480 e. The van der Waals surface area contributed by atoms with E-state index < -0.39 is 54.3 Å². The van der Waals surface area contributed by atoms with E-state index in [0.717, 1.165) is 0 Å². The van der Waals surface area contributed by atoms with E-state index in [1.54, 1.807) is 0 Å². The van der Waals surface area contributed by atoms with Crippen molar-refractivity contribution in [2.45, 2.75) is 56.7 Å². The molecule has 4 amide bonds. The average molecular weight is 516 g/mol. The summed E-state index contributed by atoms with van der Waals surface area (Å²) in [5.41, 5.74) is 31.8. The molecular weight excluding hydrogens is 478 g/mol. The number of aliphatic carboxylic acids is 1.